The number of ether oxygens (including phenoxy) is 1. The lowest BCUT2D eigenvalue weighted by Gasteiger charge is -2.21. The van der Waals surface area contributed by atoms with Gasteiger partial charge in [-0.05, 0) is 64.2 Å². The first-order valence-corrected chi connectivity index (χ1v) is 12.6. The lowest BCUT2D eigenvalue weighted by Crippen LogP contribution is -2.36. The van der Waals surface area contributed by atoms with Gasteiger partial charge in [-0.15, -0.1) is 0 Å². The monoisotopic (exact) mass is 467 g/mol. The lowest BCUT2D eigenvalue weighted by atomic mass is 10.1. The quantitative estimate of drug-likeness (QED) is 0.318. The molecule has 32 heavy (non-hydrogen) atoms. The third-order valence-corrected chi connectivity index (χ3v) is 7.26. The van der Waals surface area contributed by atoms with Crippen LogP contribution in [0, 0.1) is 0 Å². The molecular weight excluding hydrogens is 434 g/mol. The molecule has 1 heterocycles. The molecule has 9 nitrogen and oxygen atoms in total. The van der Waals surface area contributed by atoms with Gasteiger partial charge in [0.15, 0.2) is 0 Å². The Bertz CT molecular complexity index is 953. The summed E-state index contributed by atoms with van der Waals surface area (Å²) in [6.07, 6.45) is 3.18. The fourth-order valence-electron chi connectivity index (χ4n) is 3.71. The topological polar surface area (TPSA) is 125 Å². The molecule has 0 spiro atoms. The highest BCUT2D eigenvalue weighted by Gasteiger charge is 2.47. The first kappa shape index (κ1) is 24.5. The van der Waals surface area contributed by atoms with E-state index in [1.54, 1.807) is 26.8 Å². The molecule has 10 heteroatoms. The molecule has 1 saturated heterocycles. The van der Waals surface area contributed by atoms with Crippen LogP contribution in [0.3, 0.4) is 0 Å². The van der Waals surface area contributed by atoms with Gasteiger partial charge in [-0.2, -0.15) is 0 Å². The smallest absolute Gasteiger partial charge is 0.324 e. The number of rotatable bonds is 12. The number of nitrogens with one attached hydrogen (secondary N) is 2. The van der Waals surface area contributed by atoms with E-state index in [1.807, 2.05) is 18.2 Å². The van der Waals surface area contributed by atoms with Crippen molar-refractivity contribution in [1.82, 2.24) is 14.9 Å². The standard InChI is InChI=1S/C22H33N3O6S/c1-16-19(26)23-20(27)25(16)12-5-4-6-13-32(29,30)24-22(10-11-22)17-8-7-9-18(14-17)31-15-21(2,3)28/h7-9,14,16,24,28H,4-6,10-13,15H2,1-3H3,(H,23,26,27)/t16-/m1/s1. The number of unbranched alkanes of at least 4 members (excludes halogenated alkanes) is 2. The van der Waals surface area contributed by atoms with Gasteiger partial charge in [-0.1, -0.05) is 18.6 Å². The normalized spacial score (nSPS) is 20.4. The van der Waals surface area contributed by atoms with Gasteiger partial charge in [0.1, 0.15) is 18.4 Å². The molecule has 0 unspecified atom stereocenters. The fourth-order valence-corrected chi connectivity index (χ4v) is 5.32. The maximum Gasteiger partial charge on any atom is 0.324 e. The number of benzene rings is 1. The van der Waals surface area contributed by atoms with Crippen molar-refractivity contribution in [2.75, 3.05) is 18.9 Å². The van der Waals surface area contributed by atoms with Crippen LogP contribution in [-0.2, 0) is 20.4 Å². The van der Waals surface area contributed by atoms with Crippen LogP contribution < -0.4 is 14.8 Å². The summed E-state index contributed by atoms with van der Waals surface area (Å²) in [5.74, 6) is 0.296. The minimum Gasteiger partial charge on any atom is -0.491 e. The van der Waals surface area contributed by atoms with E-state index in [0.29, 0.717) is 31.6 Å². The zero-order chi connectivity index (χ0) is 23.6. The second-order valence-corrected chi connectivity index (χ2v) is 11.2. The van der Waals surface area contributed by atoms with Gasteiger partial charge in [0, 0.05) is 6.54 Å². The van der Waals surface area contributed by atoms with E-state index in [-0.39, 0.29) is 24.3 Å². The van der Waals surface area contributed by atoms with Crippen LogP contribution in [0.5, 0.6) is 5.75 Å². The molecule has 1 aliphatic carbocycles. The highest BCUT2D eigenvalue weighted by Crippen LogP contribution is 2.47. The molecule has 1 atom stereocenters. The Morgan fingerprint density at radius 2 is 1.97 bits per heavy atom. The Balaban J connectivity index is 1.47. The van der Waals surface area contributed by atoms with E-state index in [1.165, 1.54) is 4.90 Å². The first-order chi connectivity index (χ1) is 14.9. The Hall–Kier alpha value is -2.17. The Morgan fingerprint density at radius 1 is 1.25 bits per heavy atom. The number of urea groups is 1. The first-order valence-electron chi connectivity index (χ1n) is 11.0. The maximum atomic E-state index is 12.7. The summed E-state index contributed by atoms with van der Waals surface area (Å²) in [7, 11) is -3.48. The summed E-state index contributed by atoms with van der Waals surface area (Å²) in [5.41, 5.74) is -0.704. The van der Waals surface area contributed by atoms with Crippen LogP contribution in [0.4, 0.5) is 4.79 Å². The Kier molecular flexibility index (Phi) is 7.16. The number of nitrogens with zero attached hydrogens (tertiary/aromatic N) is 1. The van der Waals surface area contributed by atoms with Crippen LogP contribution >= 0.6 is 0 Å². The van der Waals surface area contributed by atoms with Crippen molar-refractivity contribution in [3.05, 3.63) is 29.8 Å². The number of hydrogen-bond donors (Lipinski definition) is 3. The van der Waals surface area contributed by atoms with E-state index < -0.39 is 27.2 Å². The number of imide groups is 1. The van der Waals surface area contributed by atoms with Gasteiger partial charge < -0.3 is 14.7 Å². The molecule has 1 aromatic carbocycles. The number of hydrogen-bond acceptors (Lipinski definition) is 6. The molecule has 0 bridgehead atoms. The minimum atomic E-state index is -3.48. The second kappa shape index (κ2) is 9.36. The molecule has 1 aromatic rings. The van der Waals surface area contributed by atoms with Crippen LogP contribution in [0.25, 0.3) is 0 Å². The number of carbonyl (C=O) groups is 2. The maximum absolute atomic E-state index is 12.7. The van der Waals surface area contributed by atoms with Gasteiger partial charge in [0.25, 0.3) is 5.91 Å². The number of amides is 3. The van der Waals surface area contributed by atoms with Crippen molar-refractivity contribution >= 4 is 22.0 Å². The van der Waals surface area contributed by atoms with Gasteiger partial charge in [-0.3, -0.25) is 10.1 Å². The molecule has 2 fully saturated rings. The van der Waals surface area contributed by atoms with E-state index in [4.69, 9.17) is 4.74 Å². The summed E-state index contributed by atoms with van der Waals surface area (Å²) >= 11 is 0. The predicted octanol–water partition coefficient (Wildman–Crippen LogP) is 1.86. The zero-order valence-corrected chi connectivity index (χ0v) is 19.7. The Morgan fingerprint density at radius 3 is 2.56 bits per heavy atom. The average Bonchev–Trinajstić information content (AvgIpc) is 3.43. The van der Waals surface area contributed by atoms with Crippen LogP contribution in [0.1, 0.15) is 58.4 Å². The van der Waals surface area contributed by atoms with Gasteiger partial charge in [0.2, 0.25) is 10.0 Å². The largest absolute Gasteiger partial charge is 0.491 e. The molecule has 3 amide bonds. The Labute approximate surface area is 189 Å². The highest BCUT2D eigenvalue weighted by atomic mass is 32.2. The number of carbonyl (C=O) groups excluding carboxylic acids is 2. The van der Waals surface area contributed by atoms with E-state index >= 15 is 0 Å². The minimum absolute atomic E-state index is 0.00429. The van der Waals surface area contributed by atoms with E-state index in [2.05, 4.69) is 10.0 Å². The van der Waals surface area contributed by atoms with Crippen molar-refractivity contribution in [3.63, 3.8) is 0 Å². The lowest BCUT2D eigenvalue weighted by molar-refractivity contribution is -0.121. The molecule has 178 valence electrons. The van der Waals surface area contributed by atoms with Crippen LogP contribution in [0.15, 0.2) is 24.3 Å². The zero-order valence-electron chi connectivity index (χ0n) is 18.9. The van der Waals surface area contributed by atoms with Crippen LogP contribution in [-0.4, -0.2) is 60.9 Å². The molecule has 3 rings (SSSR count). The molecular formula is C22H33N3O6S. The van der Waals surface area contributed by atoms with Crippen LogP contribution in [0.2, 0.25) is 0 Å². The van der Waals surface area contributed by atoms with Gasteiger partial charge >= 0.3 is 6.03 Å². The van der Waals surface area contributed by atoms with Gasteiger partial charge in [0.05, 0.1) is 16.9 Å². The highest BCUT2D eigenvalue weighted by molar-refractivity contribution is 7.89. The second-order valence-electron chi connectivity index (χ2n) is 9.36. The van der Waals surface area contributed by atoms with Crippen molar-refractivity contribution in [3.8, 4) is 5.75 Å². The average molecular weight is 468 g/mol. The molecule has 1 aliphatic heterocycles. The van der Waals surface area contributed by atoms with Crippen molar-refractivity contribution in [1.29, 1.82) is 0 Å². The SMILES string of the molecule is C[C@@H]1C(=O)NC(=O)N1CCCCCS(=O)(=O)NC1(c2cccc(OCC(C)(C)O)c2)CC1. The van der Waals surface area contributed by atoms with Gasteiger partial charge in [-0.25, -0.2) is 17.9 Å². The summed E-state index contributed by atoms with van der Waals surface area (Å²) in [4.78, 5) is 24.7. The predicted molar refractivity (Wildman–Crippen MR) is 120 cm³/mol. The summed E-state index contributed by atoms with van der Waals surface area (Å²) in [5, 5.41) is 12.1. The van der Waals surface area contributed by atoms with Crippen molar-refractivity contribution < 1.29 is 27.9 Å². The van der Waals surface area contributed by atoms with E-state index in [9.17, 15) is 23.1 Å². The fraction of sp³-hybridized carbons (Fsp3) is 0.636. The number of sulfonamides is 1. The molecule has 1 saturated carbocycles. The van der Waals surface area contributed by atoms with Crippen molar-refractivity contribution in [2.24, 2.45) is 0 Å². The molecule has 3 N–H and O–H groups in total. The van der Waals surface area contributed by atoms with E-state index in [0.717, 1.165) is 18.4 Å². The summed E-state index contributed by atoms with van der Waals surface area (Å²) in [6, 6.07) is 6.45. The molecule has 2 aliphatic rings. The third-order valence-electron chi connectivity index (χ3n) is 5.73. The number of aliphatic hydroxyl groups is 1. The molecule has 0 aromatic heterocycles. The molecule has 0 radical (unpaired) electrons. The van der Waals surface area contributed by atoms with Crippen molar-refractivity contribution in [2.45, 2.75) is 70.1 Å². The third kappa shape index (κ3) is 6.43. The summed E-state index contributed by atoms with van der Waals surface area (Å²) < 4.78 is 33.8. The summed E-state index contributed by atoms with van der Waals surface area (Å²) in [6.45, 7) is 5.56.